The molecule has 0 aliphatic heterocycles. The Morgan fingerprint density at radius 2 is 1.93 bits per heavy atom. The molecule has 0 aromatic heterocycles. The smallest absolute Gasteiger partial charge is 0.173 e. The number of hydrogen-bond donors (Lipinski definition) is 1. The fourth-order valence-electron chi connectivity index (χ4n) is 1.22. The normalized spacial score (nSPS) is 10.6. The van der Waals surface area contributed by atoms with Gasteiger partial charge >= 0.3 is 0 Å². The lowest BCUT2D eigenvalue weighted by atomic mass is 10.1. The van der Waals surface area contributed by atoms with Crippen LogP contribution in [-0.2, 0) is 6.42 Å². The summed E-state index contributed by atoms with van der Waals surface area (Å²) in [4.78, 5) is 0. The lowest BCUT2D eigenvalue weighted by Crippen LogP contribution is -2.00. The van der Waals surface area contributed by atoms with Crippen molar-refractivity contribution < 1.29 is 8.78 Å². The molecule has 0 spiro atoms. The van der Waals surface area contributed by atoms with E-state index < -0.39 is 11.6 Å². The maximum Gasteiger partial charge on any atom is 0.173 e. The minimum absolute atomic E-state index is 0.231. The highest BCUT2D eigenvalue weighted by Crippen LogP contribution is 2.24. The van der Waals surface area contributed by atoms with Gasteiger partial charge in [-0.2, -0.15) is 0 Å². The number of aryl methyl sites for hydroxylation is 1. The van der Waals surface area contributed by atoms with E-state index in [9.17, 15) is 8.78 Å². The van der Waals surface area contributed by atoms with Crippen LogP contribution in [0.4, 0.5) is 8.78 Å². The van der Waals surface area contributed by atoms with Gasteiger partial charge in [0.1, 0.15) is 0 Å². The zero-order valence-corrected chi connectivity index (χ0v) is 9.28. The van der Waals surface area contributed by atoms with E-state index in [0.29, 0.717) is 6.54 Å². The third-order valence-electron chi connectivity index (χ3n) is 2.02. The molecule has 0 aliphatic carbocycles. The lowest BCUT2D eigenvalue weighted by molar-refractivity contribution is 0.502. The Kier molecular flexibility index (Phi) is 4.48. The molecule has 0 atom stereocenters. The van der Waals surface area contributed by atoms with Crippen LogP contribution in [0.15, 0.2) is 16.6 Å². The molecule has 0 amide bonds. The third kappa shape index (κ3) is 2.75. The van der Waals surface area contributed by atoms with Crippen molar-refractivity contribution >= 4 is 15.9 Å². The molecule has 1 nitrogen and oxygen atoms in total. The fourth-order valence-corrected chi connectivity index (χ4v) is 1.74. The van der Waals surface area contributed by atoms with Gasteiger partial charge in [0.2, 0.25) is 0 Å². The van der Waals surface area contributed by atoms with E-state index in [-0.39, 0.29) is 4.47 Å². The number of halogens is 3. The summed E-state index contributed by atoms with van der Waals surface area (Å²) in [6.07, 6.45) is 2.50. The van der Waals surface area contributed by atoms with Gasteiger partial charge in [0.25, 0.3) is 0 Å². The third-order valence-corrected chi connectivity index (χ3v) is 2.87. The highest BCUT2D eigenvalue weighted by molar-refractivity contribution is 9.10. The van der Waals surface area contributed by atoms with Crippen molar-refractivity contribution in [3.8, 4) is 0 Å². The van der Waals surface area contributed by atoms with Crippen molar-refractivity contribution in [2.45, 2.75) is 19.3 Å². The van der Waals surface area contributed by atoms with E-state index in [1.54, 1.807) is 6.07 Å². The van der Waals surface area contributed by atoms with Crippen molar-refractivity contribution in [1.29, 1.82) is 0 Å². The summed E-state index contributed by atoms with van der Waals surface area (Å²) in [5.74, 6) is -1.63. The molecule has 78 valence electrons. The summed E-state index contributed by atoms with van der Waals surface area (Å²) in [7, 11) is 0. The van der Waals surface area contributed by atoms with Gasteiger partial charge in [0, 0.05) is 0 Å². The van der Waals surface area contributed by atoms with E-state index in [4.69, 9.17) is 5.73 Å². The van der Waals surface area contributed by atoms with Crippen LogP contribution in [0.25, 0.3) is 0 Å². The van der Waals surface area contributed by atoms with Crippen molar-refractivity contribution in [2.75, 3.05) is 6.54 Å². The SMILES string of the molecule is NCCCCc1ccc(F)c(F)c1Br. The minimum atomic E-state index is -0.820. The molecule has 4 heteroatoms. The highest BCUT2D eigenvalue weighted by atomic mass is 79.9. The molecular weight excluding hydrogens is 252 g/mol. The zero-order valence-electron chi connectivity index (χ0n) is 7.69. The van der Waals surface area contributed by atoms with Gasteiger partial charge in [-0.05, 0) is 53.4 Å². The summed E-state index contributed by atoms with van der Waals surface area (Å²) in [5.41, 5.74) is 6.13. The lowest BCUT2D eigenvalue weighted by Gasteiger charge is -2.05. The largest absolute Gasteiger partial charge is 0.330 e. The summed E-state index contributed by atoms with van der Waals surface area (Å²) < 4.78 is 26.0. The quantitative estimate of drug-likeness (QED) is 0.656. The predicted octanol–water partition coefficient (Wildman–Crippen LogP) is 3.01. The van der Waals surface area contributed by atoms with Gasteiger partial charge in [-0.25, -0.2) is 8.78 Å². The van der Waals surface area contributed by atoms with Gasteiger partial charge in [-0.3, -0.25) is 0 Å². The maximum atomic E-state index is 13.1. The monoisotopic (exact) mass is 263 g/mol. The molecule has 0 saturated carbocycles. The van der Waals surface area contributed by atoms with Gasteiger partial charge < -0.3 is 5.73 Å². The first-order valence-electron chi connectivity index (χ1n) is 4.49. The highest BCUT2D eigenvalue weighted by Gasteiger charge is 2.10. The fraction of sp³-hybridized carbons (Fsp3) is 0.400. The standard InChI is InChI=1S/C10H12BrF2N/c11-9-7(3-1-2-6-14)4-5-8(12)10(9)13/h4-5H,1-3,6,14H2. The number of rotatable bonds is 4. The van der Waals surface area contributed by atoms with E-state index in [0.717, 1.165) is 30.9 Å². The number of hydrogen-bond acceptors (Lipinski definition) is 1. The van der Waals surface area contributed by atoms with Crippen LogP contribution in [0, 0.1) is 11.6 Å². The molecule has 0 saturated heterocycles. The Balaban J connectivity index is 2.73. The molecule has 14 heavy (non-hydrogen) atoms. The van der Waals surface area contributed by atoms with Crippen LogP contribution in [0.5, 0.6) is 0 Å². The summed E-state index contributed by atoms with van der Waals surface area (Å²) in [6.45, 7) is 0.626. The van der Waals surface area contributed by atoms with Crippen molar-refractivity contribution in [3.05, 3.63) is 33.8 Å². The molecule has 0 heterocycles. The Morgan fingerprint density at radius 3 is 2.57 bits per heavy atom. The molecule has 0 bridgehead atoms. The molecule has 1 rings (SSSR count). The Labute approximate surface area is 90.4 Å². The zero-order chi connectivity index (χ0) is 10.6. The second kappa shape index (κ2) is 5.41. The predicted molar refractivity (Wildman–Crippen MR) is 56.1 cm³/mol. The molecule has 1 aromatic rings. The Hall–Kier alpha value is -0.480. The van der Waals surface area contributed by atoms with Gasteiger partial charge in [0.05, 0.1) is 4.47 Å². The Morgan fingerprint density at radius 1 is 1.21 bits per heavy atom. The van der Waals surface area contributed by atoms with E-state index in [1.807, 2.05) is 0 Å². The van der Waals surface area contributed by atoms with Crippen molar-refractivity contribution in [1.82, 2.24) is 0 Å². The van der Waals surface area contributed by atoms with Crippen LogP contribution < -0.4 is 5.73 Å². The first kappa shape index (κ1) is 11.6. The first-order valence-corrected chi connectivity index (χ1v) is 5.28. The first-order chi connectivity index (χ1) is 6.66. The van der Waals surface area contributed by atoms with Gasteiger partial charge in [-0.15, -0.1) is 0 Å². The van der Waals surface area contributed by atoms with Crippen LogP contribution in [0.3, 0.4) is 0 Å². The molecule has 0 unspecified atom stereocenters. The second-order valence-electron chi connectivity index (χ2n) is 3.08. The Bertz CT molecular complexity index is 315. The van der Waals surface area contributed by atoms with Crippen LogP contribution in [0.1, 0.15) is 18.4 Å². The van der Waals surface area contributed by atoms with E-state index >= 15 is 0 Å². The summed E-state index contributed by atoms with van der Waals surface area (Å²) in [6, 6.07) is 2.75. The minimum Gasteiger partial charge on any atom is -0.330 e. The average Bonchev–Trinajstić information content (AvgIpc) is 2.18. The van der Waals surface area contributed by atoms with Gasteiger partial charge in [0.15, 0.2) is 11.6 Å². The molecular formula is C10H12BrF2N. The topological polar surface area (TPSA) is 26.0 Å². The molecule has 1 aromatic carbocycles. The van der Waals surface area contributed by atoms with Gasteiger partial charge in [-0.1, -0.05) is 6.07 Å². The number of benzene rings is 1. The van der Waals surface area contributed by atoms with Crippen LogP contribution in [0.2, 0.25) is 0 Å². The van der Waals surface area contributed by atoms with E-state index in [2.05, 4.69) is 15.9 Å². The van der Waals surface area contributed by atoms with Crippen molar-refractivity contribution in [2.24, 2.45) is 5.73 Å². The molecule has 2 N–H and O–H groups in total. The molecule has 0 radical (unpaired) electrons. The maximum absolute atomic E-state index is 13.1. The second-order valence-corrected chi connectivity index (χ2v) is 3.87. The molecule has 0 aliphatic rings. The van der Waals surface area contributed by atoms with Crippen LogP contribution in [-0.4, -0.2) is 6.54 Å². The average molecular weight is 264 g/mol. The summed E-state index contributed by atoms with van der Waals surface area (Å²) >= 11 is 3.04. The van der Waals surface area contributed by atoms with Crippen molar-refractivity contribution in [3.63, 3.8) is 0 Å². The van der Waals surface area contributed by atoms with Crippen LogP contribution >= 0.6 is 15.9 Å². The number of unbranched alkanes of at least 4 members (excludes halogenated alkanes) is 1. The van der Waals surface area contributed by atoms with E-state index in [1.165, 1.54) is 0 Å². The summed E-state index contributed by atoms with van der Waals surface area (Å²) in [5, 5.41) is 0. The number of nitrogens with two attached hydrogens (primary N) is 1. The molecule has 0 fully saturated rings.